The molecule has 1 saturated heterocycles. The van der Waals surface area contributed by atoms with E-state index in [0.717, 1.165) is 42.8 Å². The lowest BCUT2D eigenvalue weighted by atomic mass is 10.0. The molecule has 0 bridgehead atoms. The van der Waals surface area contributed by atoms with Gasteiger partial charge in [-0.25, -0.2) is 4.68 Å². The molecule has 0 atom stereocenters. The summed E-state index contributed by atoms with van der Waals surface area (Å²) in [5.74, 6) is 1.83. The fourth-order valence-electron chi connectivity index (χ4n) is 3.99. The number of rotatable bonds is 5. The number of likely N-dealkylation sites (tertiary alicyclic amines) is 1. The molecule has 7 heteroatoms. The molecule has 3 aromatic rings. The van der Waals surface area contributed by atoms with Crippen LogP contribution in [0.4, 0.5) is 5.82 Å². The number of carbonyl (C=O) groups is 2. The number of amides is 2. The summed E-state index contributed by atoms with van der Waals surface area (Å²) in [5.41, 5.74) is 1.63. The number of hydrogen-bond donors (Lipinski definition) is 1. The molecule has 3 heterocycles. The zero-order valence-corrected chi connectivity index (χ0v) is 16.7. The molecule has 5 rings (SSSR count). The van der Waals surface area contributed by atoms with Gasteiger partial charge in [-0.2, -0.15) is 5.10 Å². The predicted molar refractivity (Wildman–Crippen MR) is 112 cm³/mol. The fourth-order valence-corrected chi connectivity index (χ4v) is 3.99. The molecule has 2 amide bonds. The van der Waals surface area contributed by atoms with Crippen LogP contribution in [-0.4, -0.2) is 39.6 Å². The van der Waals surface area contributed by atoms with E-state index in [4.69, 9.17) is 4.42 Å². The Hall–Kier alpha value is -3.35. The minimum absolute atomic E-state index is 0.0437. The van der Waals surface area contributed by atoms with Crippen LogP contribution < -0.4 is 5.32 Å². The first-order valence-corrected chi connectivity index (χ1v) is 10.5. The molecule has 0 unspecified atom stereocenters. The van der Waals surface area contributed by atoms with Crippen LogP contribution in [-0.2, 0) is 4.79 Å². The molecule has 1 aromatic carbocycles. The average molecular weight is 404 g/mol. The Morgan fingerprint density at radius 1 is 1.00 bits per heavy atom. The summed E-state index contributed by atoms with van der Waals surface area (Å²) >= 11 is 0. The monoisotopic (exact) mass is 404 g/mol. The summed E-state index contributed by atoms with van der Waals surface area (Å²) in [6, 6.07) is 13.3. The molecule has 30 heavy (non-hydrogen) atoms. The third-order valence-corrected chi connectivity index (χ3v) is 5.90. The summed E-state index contributed by atoms with van der Waals surface area (Å²) in [7, 11) is 0. The van der Waals surface area contributed by atoms with Crippen molar-refractivity contribution in [1.29, 1.82) is 0 Å². The van der Waals surface area contributed by atoms with Crippen molar-refractivity contribution in [1.82, 2.24) is 14.7 Å². The molecule has 0 radical (unpaired) electrons. The van der Waals surface area contributed by atoms with E-state index in [1.807, 2.05) is 52.0 Å². The Morgan fingerprint density at radius 2 is 1.77 bits per heavy atom. The fraction of sp³-hybridized carbons (Fsp3) is 0.348. The molecule has 2 aliphatic rings. The highest BCUT2D eigenvalue weighted by Gasteiger charge is 2.31. The number of nitrogens with one attached hydrogen (secondary N) is 1. The lowest BCUT2D eigenvalue weighted by molar-refractivity contribution is -0.117. The van der Waals surface area contributed by atoms with E-state index in [1.54, 1.807) is 12.5 Å². The van der Waals surface area contributed by atoms with Crippen molar-refractivity contribution in [3.63, 3.8) is 0 Å². The number of carbonyl (C=O) groups excluding carboxylic acids is 2. The van der Waals surface area contributed by atoms with E-state index in [2.05, 4.69) is 10.4 Å². The van der Waals surface area contributed by atoms with Crippen LogP contribution in [0.3, 0.4) is 0 Å². The van der Waals surface area contributed by atoms with Gasteiger partial charge < -0.3 is 14.6 Å². The van der Waals surface area contributed by atoms with Crippen molar-refractivity contribution in [2.24, 2.45) is 5.92 Å². The summed E-state index contributed by atoms with van der Waals surface area (Å²) in [5, 5.41) is 7.42. The Morgan fingerprint density at radius 3 is 2.43 bits per heavy atom. The first-order chi connectivity index (χ1) is 14.7. The first kappa shape index (κ1) is 18.7. The molecular formula is C23H24N4O3. The van der Waals surface area contributed by atoms with Gasteiger partial charge in [-0.15, -0.1) is 0 Å². The smallest absolute Gasteiger partial charge is 0.253 e. The molecule has 154 valence electrons. The van der Waals surface area contributed by atoms with Gasteiger partial charge in [-0.3, -0.25) is 9.59 Å². The summed E-state index contributed by atoms with van der Waals surface area (Å²) in [6.07, 6.45) is 6.93. The van der Waals surface area contributed by atoms with Gasteiger partial charge in [0.05, 0.1) is 18.5 Å². The average Bonchev–Trinajstić information content (AvgIpc) is 3.30. The summed E-state index contributed by atoms with van der Waals surface area (Å²) in [4.78, 5) is 26.9. The number of furan rings is 1. The maximum Gasteiger partial charge on any atom is 0.253 e. The minimum atomic E-state index is 0.0437. The number of benzene rings is 1. The minimum Gasteiger partial charge on any atom is -0.464 e. The number of hydrogen-bond acceptors (Lipinski definition) is 4. The molecule has 2 fully saturated rings. The molecule has 1 aliphatic heterocycles. The van der Waals surface area contributed by atoms with Crippen LogP contribution in [0.1, 0.15) is 42.1 Å². The van der Waals surface area contributed by atoms with Crippen LogP contribution in [0, 0.1) is 5.92 Å². The molecule has 1 aliphatic carbocycles. The van der Waals surface area contributed by atoms with Crippen molar-refractivity contribution in [3.8, 4) is 11.3 Å². The van der Waals surface area contributed by atoms with Crippen molar-refractivity contribution in [3.05, 3.63) is 60.5 Å². The van der Waals surface area contributed by atoms with Gasteiger partial charge in [-0.05, 0) is 49.9 Å². The Kier molecular flexibility index (Phi) is 4.86. The number of aromatic nitrogens is 2. The second-order valence-corrected chi connectivity index (χ2v) is 8.00. The lowest BCUT2D eigenvalue weighted by Crippen LogP contribution is -2.39. The standard InChI is InChI=1S/C23H24N4O3/c28-22(17-5-6-17)25-21-9-12-24-27(21)19-10-13-26(14-11-19)23(29)18-7-3-16(4-8-18)20-2-1-15-30-20/h1-4,7-9,12,15,17,19H,5-6,10-11,13-14H2,(H,25,28). The number of piperidine rings is 1. The van der Waals surface area contributed by atoms with Gasteiger partial charge in [-0.1, -0.05) is 12.1 Å². The molecule has 7 nitrogen and oxygen atoms in total. The second kappa shape index (κ2) is 7.82. The third-order valence-electron chi connectivity index (χ3n) is 5.90. The van der Waals surface area contributed by atoms with E-state index in [-0.39, 0.29) is 23.8 Å². The van der Waals surface area contributed by atoms with Gasteiger partial charge >= 0.3 is 0 Å². The van der Waals surface area contributed by atoms with E-state index < -0.39 is 0 Å². The van der Waals surface area contributed by atoms with E-state index in [9.17, 15) is 9.59 Å². The normalized spacial score (nSPS) is 17.1. The van der Waals surface area contributed by atoms with E-state index >= 15 is 0 Å². The molecule has 1 N–H and O–H groups in total. The molecule has 2 aromatic heterocycles. The van der Waals surface area contributed by atoms with Gasteiger partial charge in [0.1, 0.15) is 11.6 Å². The van der Waals surface area contributed by atoms with Crippen LogP contribution >= 0.6 is 0 Å². The predicted octanol–water partition coefficient (Wildman–Crippen LogP) is 3.97. The van der Waals surface area contributed by atoms with Gasteiger partial charge in [0.2, 0.25) is 5.91 Å². The zero-order valence-electron chi connectivity index (χ0n) is 16.7. The van der Waals surface area contributed by atoms with Gasteiger partial charge in [0.25, 0.3) is 5.91 Å². The van der Waals surface area contributed by atoms with Crippen molar-refractivity contribution < 1.29 is 14.0 Å². The molecule has 0 spiro atoms. The second-order valence-electron chi connectivity index (χ2n) is 8.00. The third kappa shape index (κ3) is 3.75. The highest BCUT2D eigenvalue weighted by Crippen LogP contribution is 2.31. The van der Waals surface area contributed by atoms with E-state index in [0.29, 0.717) is 18.7 Å². The first-order valence-electron chi connectivity index (χ1n) is 10.5. The zero-order chi connectivity index (χ0) is 20.5. The van der Waals surface area contributed by atoms with Crippen LogP contribution in [0.5, 0.6) is 0 Å². The quantitative estimate of drug-likeness (QED) is 0.698. The van der Waals surface area contributed by atoms with Gasteiger partial charge in [0.15, 0.2) is 0 Å². The summed E-state index contributed by atoms with van der Waals surface area (Å²) < 4.78 is 7.31. The van der Waals surface area contributed by atoms with Crippen LogP contribution in [0.2, 0.25) is 0 Å². The summed E-state index contributed by atoms with van der Waals surface area (Å²) in [6.45, 7) is 1.33. The molecular weight excluding hydrogens is 380 g/mol. The van der Waals surface area contributed by atoms with Crippen molar-refractivity contribution >= 4 is 17.6 Å². The molecule has 1 saturated carbocycles. The maximum absolute atomic E-state index is 12.9. The van der Waals surface area contributed by atoms with Gasteiger partial charge in [0, 0.05) is 36.2 Å². The number of nitrogens with zero attached hydrogens (tertiary/aromatic N) is 3. The highest BCUT2D eigenvalue weighted by molar-refractivity contribution is 5.95. The lowest BCUT2D eigenvalue weighted by Gasteiger charge is -2.32. The number of anilines is 1. The van der Waals surface area contributed by atoms with Crippen LogP contribution in [0.15, 0.2) is 59.3 Å². The maximum atomic E-state index is 12.9. The van der Waals surface area contributed by atoms with Crippen LogP contribution in [0.25, 0.3) is 11.3 Å². The Bertz CT molecular complexity index is 1030. The SMILES string of the molecule is O=C(Nc1ccnn1C1CCN(C(=O)c2ccc(-c3ccco3)cc2)CC1)C1CC1. The Balaban J connectivity index is 1.20. The largest absolute Gasteiger partial charge is 0.464 e. The topological polar surface area (TPSA) is 80.4 Å². The van der Waals surface area contributed by atoms with Crippen molar-refractivity contribution in [2.75, 3.05) is 18.4 Å². The van der Waals surface area contributed by atoms with E-state index in [1.165, 1.54) is 0 Å². The highest BCUT2D eigenvalue weighted by atomic mass is 16.3. The van der Waals surface area contributed by atoms with Crippen molar-refractivity contribution in [2.45, 2.75) is 31.7 Å². The Labute approximate surface area is 174 Å².